The second kappa shape index (κ2) is 5.21. The molecule has 2 aromatic rings. The molecule has 2 heterocycles. The van der Waals surface area contributed by atoms with Crippen molar-refractivity contribution in [2.75, 3.05) is 0 Å². The highest BCUT2D eigenvalue weighted by atomic mass is 79.9. The first kappa shape index (κ1) is 13.3. The molecule has 2 aromatic heterocycles. The minimum atomic E-state index is -0.567. The SMILES string of the molecule is O=[N+]([O-])c1nn(Cc2cnc(Cl)cc2Cl)cc1Br. The monoisotopic (exact) mass is 350 g/mol. The van der Waals surface area contributed by atoms with Crippen molar-refractivity contribution in [1.82, 2.24) is 14.8 Å². The van der Waals surface area contributed by atoms with Gasteiger partial charge in [0.15, 0.2) is 0 Å². The first-order chi connectivity index (χ1) is 8.47. The van der Waals surface area contributed by atoms with Crippen molar-refractivity contribution in [3.8, 4) is 0 Å². The number of pyridine rings is 1. The zero-order valence-electron chi connectivity index (χ0n) is 8.68. The molecule has 9 heteroatoms. The van der Waals surface area contributed by atoms with Crippen LogP contribution in [0.2, 0.25) is 10.2 Å². The largest absolute Gasteiger partial charge is 0.404 e. The summed E-state index contributed by atoms with van der Waals surface area (Å²) in [7, 11) is 0. The van der Waals surface area contributed by atoms with E-state index < -0.39 is 4.92 Å². The Morgan fingerprint density at radius 1 is 1.50 bits per heavy atom. The maximum atomic E-state index is 10.6. The molecule has 0 amide bonds. The third kappa shape index (κ3) is 2.80. The Hall–Kier alpha value is -1.18. The zero-order chi connectivity index (χ0) is 13.3. The number of nitrogens with zero attached hydrogens (tertiary/aromatic N) is 4. The highest BCUT2D eigenvalue weighted by Gasteiger charge is 2.19. The summed E-state index contributed by atoms with van der Waals surface area (Å²) in [4.78, 5) is 14.0. The Kier molecular flexibility index (Phi) is 3.84. The molecular weight excluding hydrogens is 347 g/mol. The lowest BCUT2D eigenvalue weighted by molar-refractivity contribution is -0.390. The van der Waals surface area contributed by atoms with E-state index in [1.807, 2.05) is 0 Å². The highest BCUT2D eigenvalue weighted by molar-refractivity contribution is 9.10. The van der Waals surface area contributed by atoms with Gasteiger partial charge in [0.25, 0.3) is 0 Å². The van der Waals surface area contributed by atoms with Gasteiger partial charge in [-0.3, -0.25) is 0 Å². The lowest BCUT2D eigenvalue weighted by Crippen LogP contribution is -2.02. The van der Waals surface area contributed by atoms with Gasteiger partial charge in [0.05, 0.1) is 22.9 Å². The number of hydrogen-bond acceptors (Lipinski definition) is 4. The van der Waals surface area contributed by atoms with Crippen LogP contribution >= 0.6 is 39.1 Å². The van der Waals surface area contributed by atoms with Gasteiger partial charge in [-0.15, -0.1) is 0 Å². The predicted octanol–water partition coefficient (Wildman–Crippen LogP) is 3.30. The lowest BCUT2D eigenvalue weighted by Gasteiger charge is -2.01. The van der Waals surface area contributed by atoms with Gasteiger partial charge >= 0.3 is 5.82 Å². The van der Waals surface area contributed by atoms with E-state index in [0.717, 1.165) is 0 Å². The van der Waals surface area contributed by atoms with Crippen molar-refractivity contribution in [3.63, 3.8) is 0 Å². The fraction of sp³-hybridized carbons (Fsp3) is 0.111. The van der Waals surface area contributed by atoms with Crippen LogP contribution in [0.5, 0.6) is 0 Å². The Labute approximate surface area is 120 Å². The average molecular weight is 352 g/mol. The van der Waals surface area contributed by atoms with Crippen LogP contribution in [0.1, 0.15) is 5.56 Å². The molecule has 0 unspecified atom stereocenters. The van der Waals surface area contributed by atoms with Gasteiger partial charge in [0, 0.05) is 11.8 Å². The summed E-state index contributed by atoms with van der Waals surface area (Å²) >= 11 is 14.7. The van der Waals surface area contributed by atoms with Crippen LogP contribution < -0.4 is 0 Å². The van der Waals surface area contributed by atoms with Crippen LogP contribution in [0.25, 0.3) is 0 Å². The van der Waals surface area contributed by atoms with E-state index in [4.69, 9.17) is 23.2 Å². The van der Waals surface area contributed by atoms with Gasteiger partial charge in [-0.2, -0.15) is 4.68 Å². The lowest BCUT2D eigenvalue weighted by atomic mass is 10.3. The van der Waals surface area contributed by atoms with E-state index in [0.29, 0.717) is 15.1 Å². The standard InChI is InChI=1S/C9H5BrCl2N4O2/c10-6-4-15(14-9(6)16(17)18)3-5-2-13-8(12)1-7(5)11/h1-2,4H,3H2. The van der Waals surface area contributed by atoms with E-state index in [-0.39, 0.29) is 17.5 Å². The normalized spacial score (nSPS) is 10.6. The van der Waals surface area contributed by atoms with E-state index in [1.54, 1.807) is 0 Å². The molecule has 0 aromatic carbocycles. The van der Waals surface area contributed by atoms with E-state index in [1.165, 1.54) is 23.1 Å². The molecule has 18 heavy (non-hydrogen) atoms. The number of hydrogen-bond donors (Lipinski definition) is 0. The molecule has 0 aliphatic heterocycles. The molecule has 2 rings (SSSR count). The summed E-state index contributed by atoms with van der Waals surface area (Å²) in [5.74, 6) is -0.243. The van der Waals surface area contributed by atoms with Crippen molar-refractivity contribution in [1.29, 1.82) is 0 Å². The molecule has 6 nitrogen and oxygen atoms in total. The second-order valence-electron chi connectivity index (χ2n) is 3.35. The Bertz CT molecular complexity index is 617. The fourth-order valence-electron chi connectivity index (χ4n) is 1.32. The Morgan fingerprint density at radius 3 is 2.78 bits per heavy atom. The number of rotatable bonds is 3. The van der Waals surface area contributed by atoms with Crippen LogP contribution in [-0.2, 0) is 6.54 Å². The smallest absolute Gasteiger partial charge is 0.358 e. The maximum Gasteiger partial charge on any atom is 0.404 e. The van der Waals surface area contributed by atoms with Gasteiger partial charge in [-0.25, -0.2) is 4.98 Å². The summed E-state index contributed by atoms with van der Waals surface area (Å²) in [6.45, 7) is 0.273. The van der Waals surface area contributed by atoms with Gasteiger partial charge in [-0.1, -0.05) is 23.2 Å². The van der Waals surface area contributed by atoms with Crippen LogP contribution in [0.4, 0.5) is 5.82 Å². The summed E-state index contributed by atoms with van der Waals surface area (Å²) in [6, 6.07) is 1.51. The maximum absolute atomic E-state index is 10.6. The second-order valence-corrected chi connectivity index (χ2v) is 5.00. The molecule has 0 aliphatic carbocycles. The zero-order valence-corrected chi connectivity index (χ0v) is 11.8. The third-order valence-corrected chi connectivity index (χ3v) is 3.22. The molecule has 0 N–H and O–H groups in total. The molecule has 0 fully saturated rings. The van der Waals surface area contributed by atoms with Crippen molar-refractivity contribution in [3.05, 3.63) is 48.8 Å². The topological polar surface area (TPSA) is 73.8 Å². The molecule has 94 valence electrons. The van der Waals surface area contributed by atoms with Crippen molar-refractivity contribution < 1.29 is 4.92 Å². The van der Waals surface area contributed by atoms with Crippen LogP contribution in [-0.4, -0.2) is 19.7 Å². The highest BCUT2D eigenvalue weighted by Crippen LogP contribution is 2.24. The number of nitro groups is 1. The Morgan fingerprint density at radius 2 is 2.22 bits per heavy atom. The van der Waals surface area contributed by atoms with E-state index in [9.17, 15) is 10.1 Å². The van der Waals surface area contributed by atoms with E-state index in [2.05, 4.69) is 26.0 Å². The number of aromatic nitrogens is 3. The minimum Gasteiger partial charge on any atom is -0.358 e. The summed E-state index contributed by atoms with van der Waals surface area (Å²) in [6.07, 6.45) is 3.01. The summed E-state index contributed by atoms with van der Waals surface area (Å²) < 4.78 is 1.71. The molecular formula is C9H5BrCl2N4O2. The van der Waals surface area contributed by atoms with Gasteiger partial charge in [-0.05, 0) is 26.9 Å². The van der Waals surface area contributed by atoms with Crippen molar-refractivity contribution >= 4 is 44.9 Å². The van der Waals surface area contributed by atoms with Gasteiger partial charge in [0.2, 0.25) is 0 Å². The first-order valence-electron chi connectivity index (χ1n) is 4.64. The molecule has 0 bridgehead atoms. The molecule has 0 saturated heterocycles. The minimum absolute atomic E-state index is 0.243. The van der Waals surface area contributed by atoms with Crippen LogP contribution in [0.3, 0.4) is 0 Å². The van der Waals surface area contributed by atoms with Crippen molar-refractivity contribution in [2.24, 2.45) is 0 Å². The van der Waals surface area contributed by atoms with Crippen LogP contribution in [0, 0.1) is 10.1 Å². The molecule has 0 radical (unpaired) electrons. The third-order valence-electron chi connectivity index (χ3n) is 2.10. The average Bonchev–Trinajstić information content (AvgIpc) is 2.64. The Balaban J connectivity index is 2.29. The van der Waals surface area contributed by atoms with Crippen molar-refractivity contribution in [2.45, 2.75) is 6.54 Å². The number of halogens is 3. The molecule has 0 saturated carbocycles. The molecule has 0 aliphatic rings. The first-order valence-corrected chi connectivity index (χ1v) is 6.19. The fourth-order valence-corrected chi connectivity index (χ4v) is 2.20. The summed E-state index contributed by atoms with van der Waals surface area (Å²) in [5.41, 5.74) is 0.672. The van der Waals surface area contributed by atoms with Gasteiger partial charge in [0.1, 0.15) is 9.63 Å². The predicted molar refractivity (Wildman–Crippen MR) is 69.9 cm³/mol. The van der Waals surface area contributed by atoms with Gasteiger partial charge < -0.3 is 10.1 Å². The quantitative estimate of drug-likeness (QED) is 0.483. The molecule has 0 spiro atoms. The van der Waals surface area contributed by atoms with E-state index >= 15 is 0 Å². The van der Waals surface area contributed by atoms with Crippen LogP contribution in [0.15, 0.2) is 22.9 Å². The molecule has 0 atom stereocenters. The summed E-state index contributed by atoms with van der Waals surface area (Å²) in [5, 5.41) is 15.2.